The molecule has 5 aromatic rings. The zero-order valence-electron chi connectivity index (χ0n) is 19.8. The van der Waals surface area contributed by atoms with Crippen molar-refractivity contribution >= 4 is 5.71 Å². The molecule has 5 rings (SSSR count). The lowest BCUT2D eigenvalue weighted by molar-refractivity contribution is 0.124. The molecule has 1 aromatic carbocycles. The molecule has 0 saturated heterocycles. The summed E-state index contributed by atoms with van der Waals surface area (Å²) >= 11 is 0. The van der Waals surface area contributed by atoms with E-state index in [4.69, 9.17) is 10.7 Å². The maximum Gasteiger partial charge on any atom is 0.153 e. The highest BCUT2D eigenvalue weighted by Gasteiger charge is 2.01. The normalized spacial score (nSPS) is 11.0. The molecule has 0 unspecified atom stereocenters. The first-order chi connectivity index (χ1) is 17.7. The van der Waals surface area contributed by atoms with Gasteiger partial charge >= 0.3 is 0 Å². The highest BCUT2D eigenvalue weighted by atomic mass is 16.6. The summed E-state index contributed by atoms with van der Waals surface area (Å²) in [5.41, 5.74) is 3.79. The Bertz CT molecular complexity index is 1320. The van der Waals surface area contributed by atoms with Gasteiger partial charge in [-0.3, -0.25) is 4.84 Å². The van der Waals surface area contributed by atoms with Gasteiger partial charge < -0.3 is 4.84 Å². The molecule has 0 aliphatic rings. The first-order valence-electron chi connectivity index (χ1n) is 11.2. The minimum atomic E-state index is 0.367. The van der Waals surface area contributed by atoms with E-state index < -0.39 is 0 Å². The van der Waals surface area contributed by atoms with E-state index in [9.17, 15) is 0 Å². The van der Waals surface area contributed by atoms with Crippen LogP contribution in [0.2, 0.25) is 0 Å². The smallest absolute Gasteiger partial charge is 0.153 e. The molecule has 36 heavy (non-hydrogen) atoms. The number of benzene rings is 1. The third-order valence-corrected chi connectivity index (χ3v) is 4.97. The number of hydrogen-bond acceptors (Lipinski definition) is 8. The lowest BCUT2D eigenvalue weighted by Gasteiger charge is -2.04. The van der Waals surface area contributed by atoms with Crippen molar-refractivity contribution in [3.8, 4) is 11.6 Å². The molecular weight excluding hydrogens is 456 g/mol. The molecule has 0 saturated carbocycles. The predicted molar refractivity (Wildman–Crippen MR) is 135 cm³/mol. The second-order valence-corrected chi connectivity index (χ2v) is 7.58. The molecule has 10 heteroatoms. The van der Waals surface area contributed by atoms with E-state index in [1.54, 1.807) is 34.2 Å². The summed E-state index contributed by atoms with van der Waals surface area (Å²) in [5, 5.41) is 12.3. The summed E-state index contributed by atoms with van der Waals surface area (Å²) in [5.74, 6) is 6.50. The average molecular weight is 483 g/mol. The van der Waals surface area contributed by atoms with Crippen molar-refractivity contribution in [1.29, 1.82) is 0 Å². The van der Waals surface area contributed by atoms with Gasteiger partial charge in [0.2, 0.25) is 0 Å². The van der Waals surface area contributed by atoms with Crippen molar-refractivity contribution in [1.82, 2.24) is 29.5 Å². The van der Waals surface area contributed by atoms with Crippen LogP contribution >= 0.6 is 0 Å². The number of hydrogen-bond donors (Lipinski definition) is 1. The molecule has 10 nitrogen and oxygen atoms in total. The quantitative estimate of drug-likeness (QED) is 0.263. The third-order valence-electron chi connectivity index (χ3n) is 4.97. The average Bonchev–Trinajstić information content (AvgIpc) is 3.66. The maximum atomic E-state index is 5.39. The third kappa shape index (κ3) is 6.92. The molecule has 0 amide bonds. The van der Waals surface area contributed by atoms with Gasteiger partial charge in [0.25, 0.3) is 0 Å². The molecule has 182 valence electrons. The van der Waals surface area contributed by atoms with Crippen LogP contribution in [0.15, 0.2) is 109 Å². The summed E-state index contributed by atoms with van der Waals surface area (Å²) in [6.07, 6.45) is 10.6. The molecule has 2 N–H and O–H groups in total. The van der Waals surface area contributed by atoms with Crippen LogP contribution in [-0.4, -0.2) is 35.2 Å². The maximum absolute atomic E-state index is 5.39. The van der Waals surface area contributed by atoms with Crippen LogP contribution in [0.3, 0.4) is 0 Å². The Morgan fingerprint density at radius 1 is 0.778 bits per heavy atom. The summed E-state index contributed by atoms with van der Waals surface area (Å²) in [6, 6.07) is 21.3. The standard InChI is InChI=1S/C17H16N4O.C9H10N4O/c1-14(16-6-3-2-4-7-16)20-22-13-15-8-9-17(18-12-15)21-11-5-10-19-21;10-14-7-8-2-3-9(11-6-8)13-5-1-4-12-13/h2-12H,13H2,1H3;1-6H,7,10H2/b20-14+;. The Hall–Kier alpha value is -4.67. The van der Waals surface area contributed by atoms with Gasteiger partial charge in [-0.1, -0.05) is 47.6 Å². The van der Waals surface area contributed by atoms with Gasteiger partial charge in [-0.15, -0.1) is 0 Å². The van der Waals surface area contributed by atoms with Crippen LogP contribution in [0.25, 0.3) is 11.6 Å². The molecular formula is C26H26N8O2. The summed E-state index contributed by atoms with van der Waals surface area (Å²) in [7, 11) is 0. The molecule has 0 spiro atoms. The van der Waals surface area contributed by atoms with Crippen LogP contribution in [0.1, 0.15) is 23.6 Å². The fourth-order valence-corrected chi connectivity index (χ4v) is 3.12. The van der Waals surface area contributed by atoms with Crippen molar-refractivity contribution in [2.45, 2.75) is 20.1 Å². The van der Waals surface area contributed by atoms with Crippen molar-refractivity contribution in [2.24, 2.45) is 11.1 Å². The van der Waals surface area contributed by atoms with Crippen LogP contribution in [0, 0.1) is 0 Å². The molecule has 0 fully saturated rings. The number of oxime groups is 1. The van der Waals surface area contributed by atoms with Crippen LogP contribution in [0.4, 0.5) is 0 Å². The van der Waals surface area contributed by atoms with Gasteiger partial charge in [0.1, 0.15) is 6.61 Å². The van der Waals surface area contributed by atoms with Gasteiger partial charge in [-0.2, -0.15) is 10.2 Å². The number of nitrogens with two attached hydrogens (primary N) is 1. The van der Waals surface area contributed by atoms with Crippen LogP contribution in [0.5, 0.6) is 0 Å². The number of rotatable bonds is 8. The van der Waals surface area contributed by atoms with E-state index in [1.807, 2.05) is 86.0 Å². The zero-order chi connectivity index (χ0) is 25.0. The van der Waals surface area contributed by atoms with Crippen molar-refractivity contribution in [3.63, 3.8) is 0 Å². The fourth-order valence-electron chi connectivity index (χ4n) is 3.12. The largest absolute Gasteiger partial charge is 0.391 e. The van der Waals surface area contributed by atoms with Gasteiger partial charge in [0, 0.05) is 42.7 Å². The number of nitrogens with zero attached hydrogens (tertiary/aromatic N) is 7. The lowest BCUT2D eigenvalue weighted by atomic mass is 10.1. The van der Waals surface area contributed by atoms with E-state index in [0.29, 0.717) is 13.2 Å². The summed E-state index contributed by atoms with van der Waals surface area (Å²) < 4.78 is 3.40. The Kier molecular flexibility index (Phi) is 8.63. The van der Waals surface area contributed by atoms with Crippen molar-refractivity contribution in [2.75, 3.05) is 0 Å². The highest BCUT2D eigenvalue weighted by Crippen LogP contribution is 2.07. The Morgan fingerprint density at radius 3 is 1.83 bits per heavy atom. The monoisotopic (exact) mass is 482 g/mol. The van der Waals surface area contributed by atoms with Gasteiger partial charge in [0.15, 0.2) is 11.6 Å². The summed E-state index contributed by atoms with van der Waals surface area (Å²) in [6.45, 7) is 2.68. The van der Waals surface area contributed by atoms with E-state index in [-0.39, 0.29) is 0 Å². The van der Waals surface area contributed by atoms with E-state index in [2.05, 4.69) is 30.2 Å². The van der Waals surface area contributed by atoms with Gasteiger partial charge in [0.05, 0.1) is 12.3 Å². The molecule has 0 aliphatic heterocycles. The van der Waals surface area contributed by atoms with E-state index in [0.717, 1.165) is 34.0 Å². The summed E-state index contributed by atoms with van der Waals surface area (Å²) in [4.78, 5) is 18.4. The predicted octanol–water partition coefficient (Wildman–Crippen LogP) is 3.87. The first kappa shape index (κ1) is 24.5. The molecule has 0 aliphatic carbocycles. The van der Waals surface area contributed by atoms with Gasteiger partial charge in [-0.05, 0) is 42.3 Å². The SMILES string of the molecule is C/C(=N\OCc1ccc(-n2cccn2)nc1)c1ccccc1.NOCc1ccc(-n2cccn2)nc1. The molecule has 4 heterocycles. The lowest BCUT2D eigenvalue weighted by Crippen LogP contribution is -2.01. The zero-order valence-corrected chi connectivity index (χ0v) is 19.8. The molecule has 0 radical (unpaired) electrons. The first-order valence-corrected chi connectivity index (χ1v) is 11.2. The molecule has 0 bridgehead atoms. The molecule has 4 aromatic heterocycles. The van der Waals surface area contributed by atoms with Crippen LogP contribution < -0.4 is 5.90 Å². The minimum absolute atomic E-state index is 0.367. The van der Waals surface area contributed by atoms with Crippen molar-refractivity contribution in [3.05, 3.63) is 121 Å². The number of pyridine rings is 2. The molecule has 0 atom stereocenters. The van der Waals surface area contributed by atoms with Gasteiger partial charge in [-0.25, -0.2) is 25.2 Å². The van der Waals surface area contributed by atoms with E-state index >= 15 is 0 Å². The second kappa shape index (κ2) is 12.7. The minimum Gasteiger partial charge on any atom is -0.391 e. The van der Waals surface area contributed by atoms with Crippen LogP contribution in [-0.2, 0) is 22.9 Å². The fraction of sp³-hybridized carbons (Fsp3) is 0.115. The topological polar surface area (TPSA) is 118 Å². The Morgan fingerprint density at radius 2 is 1.36 bits per heavy atom. The van der Waals surface area contributed by atoms with Crippen molar-refractivity contribution < 1.29 is 9.68 Å². The number of aromatic nitrogens is 6. The Labute approximate surface area is 208 Å². The Balaban J connectivity index is 0.000000187. The van der Waals surface area contributed by atoms with E-state index in [1.165, 1.54) is 0 Å². The second-order valence-electron chi connectivity index (χ2n) is 7.58. The highest BCUT2D eigenvalue weighted by molar-refractivity contribution is 5.98.